The zero-order chi connectivity index (χ0) is 13.0. The van der Waals surface area contributed by atoms with Gasteiger partial charge >= 0.3 is 0 Å². The molecule has 0 saturated heterocycles. The van der Waals surface area contributed by atoms with Crippen LogP contribution in [0.5, 0.6) is 0 Å². The van der Waals surface area contributed by atoms with Crippen molar-refractivity contribution in [1.29, 1.82) is 0 Å². The summed E-state index contributed by atoms with van der Waals surface area (Å²) in [5, 5.41) is 2.58. The number of hydrogen-bond donors (Lipinski definition) is 2. The number of rotatable bonds is 4. The smallest absolute Gasteiger partial charge is 0.241 e. The first-order valence-corrected chi connectivity index (χ1v) is 5.85. The molecular weight excluding hydrogens is 243 g/mol. The number of carbonyl (C=O) groups is 1. The van der Waals surface area contributed by atoms with Crippen LogP contribution in [0.2, 0.25) is 5.02 Å². The van der Waals surface area contributed by atoms with Crippen LogP contribution in [0.25, 0.3) is 0 Å². The molecule has 3 N–H and O–H groups in total. The highest BCUT2D eigenvalue weighted by Crippen LogP contribution is 2.19. The fourth-order valence-electron chi connectivity index (χ4n) is 1.31. The predicted octanol–water partition coefficient (Wildman–Crippen LogP) is 2.79. The molecule has 17 heavy (non-hydrogen) atoms. The van der Waals surface area contributed by atoms with E-state index < -0.39 is 11.9 Å². The van der Waals surface area contributed by atoms with Crippen LogP contribution in [-0.2, 0) is 4.79 Å². The van der Waals surface area contributed by atoms with Crippen molar-refractivity contribution in [2.24, 2.45) is 11.7 Å². The summed E-state index contributed by atoms with van der Waals surface area (Å²) in [5.74, 6) is -0.810. The molecule has 1 aromatic rings. The summed E-state index contributed by atoms with van der Waals surface area (Å²) < 4.78 is 13.1. The molecule has 0 bridgehead atoms. The summed E-state index contributed by atoms with van der Waals surface area (Å²) in [7, 11) is 0. The Kier molecular flexibility index (Phi) is 4.90. The Balaban J connectivity index is 2.71. The maximum absolute atomic E-state index is 13.1. The van der Waals surface area contributed by atoms with E-state index >= 15 is 0 Å². The van der Waals surface area contributed by atoms with E-state index in [2.05, 4.69) is 5.32 Å². The number of halogens is 2. The number of hydrogen-bond acceptors (Lipinski definition) is 2. The van der Waals surface area contributed by atoms with Crippen LogP contribution in [0.4, 0.5) is 10.1 Å². The topological polar surface area (TPSA) is 55.1 Å². The standard InChI is InChI=1S/C12H16ClFN2O/c1-3-7(2)11(15)12(17)16-8-4-5-9(13)10(14)6-8/h4-7,11H,3,15H2,1-2H3,(H,16,17)/t7?,11-/m0/s1. The molecule has 1 rings (SSSR count). The van der Waals surface area contributed by atoms with Crippen LogP contribution in [0.1, 0.15) is 20.3 Å². The summed E-state index contributed by atoms with van der Waals surface area (Å²) in [6.45, 7) is 3.85. The zero-order valence-electron chi connectivity index (χ0n) is 9.84. The molecule has 1 aromatic carbocycles. The Labute approximate surface area is 105 Å². The molecule has 0 heterocycles. The lowest BCUT2D eigenvalue weighted by molar-refractivity contribution is -0.118. The Hall–Kier alpha value is -1.13. The lowest BCUT2D eigenvalue weighted by Gasteiger charge is -2.17. The molecular formula is C12H16ClFN2O. The van der Waals surface area contributed by atoms with Crippen LogP contribution in [0, 0.1) is 11.7 Å². The third-order valence-electron chi connectivity index (χ3n) is 2.75. The second-order valence-electron chi connectivity index (χ2n) is 4.03. The molecule has 0 fully saturated rings. The third kappa shape index (κ3) is 3.68. The molecule has 1 amide bonds. The number of anilines is 1. The minimum Gasteiger partial charge on any atom is -0.325 e. The van der Waals surface area contributed by atoms with E-state index in [9.17, 15) is 9.18 Å². The molecule has 2 atom stereocenters. The fraction of sp³-hybridized carbons (Fsp3) is 0.417. The average Bonchev–Trinajstić information content (AvgIpc) is 2.31. The quantitative estimate of drug-likeness (QED) is 0.873. The van der Waals surface area contributed by atoms with Crippen molar-refractivity contribution in [3.8, 4) is 0 Å². The molecule has 0 aromatic heterocycles. The monoisotopic (exact) mass is 258 g/mol. The Morgan fingerprint density at radius 1 is 1.59 bits per heavy atom. The van der Waals surface area contributed by atoms with E-state index in [0.717, 1.165) is 6.42 Å². The van der Waals surface area contributed by atoms with Gasteiger partial charge in [0.25, 0.3) is 0 Å². The molecule has 3 nitrogen and oxygen atoms in total. The maximum atomic E-state index is 13.1. The summed E-state index contributed by atoms with van der Waals surface area (Å²) in [5.41, 5.74) is 6.11. The SMILES string of the molecule is CCC(C)[C@H](N)C(=O)Nc1ccc(Cl)c(F)c1. The van der Waals surface area contributed by atoms with E-state index in [0.29, 0.717) is 5.69 Å². The number of nitrogens with one attached hydrogen (secondary N) is 1. The van der Waals surface area contributed by atoms with Crippen LogP contribution in [-0.4, -0.2) is 11.9 Å². The molecule has 0 aliphatic rings. The fourth-order valence-corrected chi connectivity index (χ4v) is 1.43. The largest absolute Gasteiger partial charge is 0.325 e. The summed E-state index contributed by atoms with van der Waals surface area (Å²) in [6.07, 6.45) is 0.809. The van der Waals surface area contributed by atoms with Gasteiger partial charge in [0.15, 0.2) is 0 Å². The number of benzene rings is 1. The molecule has 1 unspecified atom stereocenters. The minimum absolute atomic E-state index is 0.0224. The van der Waals surface area contributed by atoms with Gasteiger partial charge < -0.3 is 11.1 Å². The van der Waals surface area contributed by atoms with Gasteiger partial charge in [-0.3, -0.25) is 4.79 Å². The second-order valence-corrected chi connectivity index (χ2v) is 4.44. The van der Waals surface area contributed by atoms with Crippen LogP contribution in [0.3, 0.4) is 0 Å². The van der Waals surface area contributed by atoms with Crippen molar-refractivity contribution in [1.82, 2.24) is 0 Å². The Bertz CT molecular complexity index is 411. The number of carbonyl (C=O) groups excluding carboxylic acids is 1. The van der Waals surface area contributed by atoms with E-state index in [1.54, 1.807) is 0 Å². The maximum Gasteiger partial charge on any atom is 0.241 e. The molecule has 5 heteroatoms. The zero-order valence-corrected chi connectivity index (χ0v) is 10.6. The summed E-state index contributed by atoms with van der Waals surface area (Å²) in [4.78, 5) is 11.7. The van der Waals surface area contributed by atoms with Crippen molar-refractivity contribution in [3.05, 3.63) is 29.0 Å². The summed E-state index contributed by atoms with van der Waals surface area (Å²) >= 11 is 5.54. The van der Waals surface area contributed by atoms with Crippen molar-refractivity contribution < 1.29 is 9.18 Å². The van der Waals surface area contributed by atoms with Crippen LogP contribution >= 0.6 is 11.6 Å². The van der Waals surface area contributed by atoms with Gasteiger partial charge in [-0.25, -0.2) is 4.39 Å². The molecule has 0 aliphatic carbocycles. The predicted molar refractivity (Wildman–Crippen MR) is 67.5 cm³/mol. The second kappa shape index (κ2) is 5.98. The van der Waals surface area contributed by atoms with Crippen molar-refractivity contribution in [3.63, 3.8) is 0 Å². The highest BCUT2D eigenvalue weighted by molar-refractivity contribution is 6.30. The van der Waals surface area contributed by atoms with Crippen molar-refractivity contribution >= 4 is 23.2 Å². The van der Waals surface area contributed by atoms with Crippen molar-refractivity contribution in [2.75, 3.05) is 5.32 Å². The van der Waals surface area contributed by atoms with Gasteiger partial charge in [-0.1, -0.05) is 31.9 Å². The molecule has 0 saturated carbocycles. The Morgan fingerprint density at radius 2 is 2.24 bits per heavy atom. The van der Waals surface area contributed by atoms with E-state index in [-0.39, 0.29) is 16.8 Å². The average molecular weight is 259 g/mol. The third-order valence-corrected chi connectivity index (χ3v) is 3.05. The van der Waals surface area contributed by atoms with E-state index in [1.807, 2.05) is 13.8 Å². The summed E-state index contributed by atoms with van der Waals surface area (Å²) in [6, 6.07) is 3.50. The van der Waals surface area contributed by atoms with Gasteiger partial charge in [-0.2, -0.15) is 0 Å². The van der Waals surface area contributed by atoms with E-state index in [4.69, 9.17) is 17.3 Å². The molecule has 0 aliphatic heterocycles. The van der Waals surface area contributed by atoms with Gasteiger partial charge in [0, 0.05) is 5.69 Å². The van der Waals surface area contributed by atoms with Gasteiger partial charge in [-0.15, -0.1) is 0 Å². The lowest BCUT2D eigenvalue weighted by Crippen LogP contribution is -2.40. The van der Waals surface area contributed by atoms with Crippen molar-refractivity contribution in [2.45, 2.75) is 26.3 Å². The van der Waals surface area contributed by atoms with Crippen LogP contribution in [0.15, 0.2) is 18.2 Å². The highest BCUT2D eigenvalue weighted by atomic mass is 35.5. The normalized spacial score (nSPS) is 14.2. The first-order valence-electron chi connectivity index (χ1n) is 5.47. The first-order chi connectivity index (χ1) is 7.95. The van der Waals surface area contributed by atoms with Gasteiger partial charge in [-0.05, 0) is 24.1 Å². The van der Waals surface area contributed by atoms with Gasteiger partial charge in [0.1, 0.15) is 5.82 Å². The first kappa shape index (κ1) is 13.9. The molecule has 94 valence electrons. The molecule has 0 radical (unpaired) electrons. The number of nitrogens with two attached hydrogens (primary N) is 1. The van der Waals surface area contributed by atoms with E-state index in [1.165, 1.54) is 18.2 Å². The number of amides is 1. The van der Waals surface area contributed by atoms with Gasteiger partial charge in [0.05, 0.1) is 11.1 Å². The molecule has 0 spiro atoms. The lowest BCUT2D eigenvalue weighted by atomic mass is 9.99. The van der Waals surface area contributed by atoms with Gasteiger partial charge in [0.2, 0.25) is 5.91 Å². The Morgan fingerprint density at radius 3 is 2.76 bits per heavy atom. The highest BCUT2D eigenvalue weighted by Gasteiger charge is 2.19. The minimum atomic E-state index is -0.598. The van der Waals surface area contributed by atoms with Crippen LogP contribution < -0.4 is 11.1 Å².